The molecule has 0 saturated carbocycles. The molecule has 0 aliphatic carbocycles. The molecule has 0 fully saturated rings. The summed E-state index contributed by atoms with van der Waals surface area (Å²) in [6, 6.07) is 3.35. The van der Waals surface area contributed by atoms with Gasteiger partial charge in [0.15, 0.2) is 5.65 Å². The highest BCUT2D eigenvalue weighted by Gasteiger charge is 2.18. The summed E-state index contributed by atoms with van der Waals surface area (Å²) in [5, 5.41) is 10.0. The smallest absolute Gasteiger partial charge is 0.264 e. The highest BCUT2D eigenvalue weighted by atomic mass is 19.1. The first-order valence-corrected chi connectivity index (χ1v) is 8.22. The Balaban J connectivity index is 1.56. The number of hydrogen-bond acceptors (Lipinski definition) is 5. The number of carbonyl (C=O) groups excluding carboxylic acids is 1. The fraction of sp³-hybridized carbons (Fsp3) is 0.294. The number of halogens is 1. The molecular weight excluding hydrogens is 339 g/mol. The zero-order valence-corrected chi connectivity index (χ0v) is 14.1. The number of carbonyl (C=O) groups is 1. The van der Waals surface area contributed by atoms with Crippen LogP contribution in [-0.4, -0.2) is 31.8 Å². The minimum Gasteiger partial charge on any atom is -0.322 e. The summed E-state index contributed by atoms with van der Waals surface area (Å²) < 4.78 is 17.3. The standard InChI is InChI=1S/C17H17FN6O2/c1-23-16-12(7-21-23)17(26)24(9-20-16)8-14(25)22-13-3-2-10-6-19-5-4-11(10)15(13)18/h2-3,7,9,19H,4-6,8H2,1H3,(H,22,25). The Morgan fingerprint density at radius 3 is 3.12 bits per heavy atom. The van der Waals surface area contributed by atoms with Crippen LogP contribution in [0.25, 0.3) is 11.0 Å². The molecule has 0 saturated heterocycles. The molecule has 3 aromatic rings. The number of benzene rings is 1. The van der Waals surface area contributed by atoms with E-state index in [0.29, 0.717) is 36.1 Å². The predicted molar refractivity (Wildman–Crippen MR) is 93.2 cm³/mol. The number of fused-ring (bicyclic) bond motifs is 2. The van der Waals surface area contributed by atoms with Crippen molar-refractivity contribution in [1.29, 1.82) is 0 Å². The predicted octanol–water partition coefficient (Wildman–Crippen LogP) is 0.553. The molecule has 1 aliphatic rings. The molecule has 2 aromatic heterocycles. The first-order chi connectivity index (χ1) is 12.5. The van der Waals surface area contributed by atoms with E-state index in [1.54, 1.807) is 19.2 Å². The van der Waals surface area contributed by atoms with E-state index < -0.39 is 11.7 Å². The molecule has 0 bridgehead atoms. The van der Waals surface area contributed by atoms with Crippen molar-refractivity contribution < 1.29 is 9.18 Å². The lowest BCUT2D eigenvalue weighted by atomic mass is 9.99. The summed E-state index contributed by atoms with van der Waals surface area (Å²) in [6.45, 7) is 1.06. The van der Waals surface area contributed by atoms with Crippen molar-refractivity contribution in [3.63, 3.8) is 0 Å². The molecule has 0 radical (unpaired) electrons. The molecule has 2 N–H and O–H groups in total. The number of amides is 1. The third-order valence-electron chi connectivity index (χ3n) is 4.51. The lowest BCUT2D eigenvalue weighted by Gasteiger charge is -2.19. The van der Waals surface area contributed by atoms with Crippen molar-refractivity contribution >= 4 is 22.6 Å². The molecule has 0 atom stereocenters. The molecule has 9 heteroatoms. The average Bonchev–Trinajstić information content (AvgIpc) is 3.02. The Labute approximate surface area is 147 Å². The van der Waals surface area contributed by atoms with Gasteiger partial charge in [-0.15, -0.1) is 0 Å². The molecule has 1 aromatic carbocycles. The zero-order valence-electron chi connectivity index (χ0n) is 14.1. The highest BCUT2D eigenvalue weighted by Crippen LogP contribution is 2.24. The van der Waals surface area contributed by atoms with Crippen LogP contribution in [0.5, 0.6) is 0 Å². The van der Waals surface area contributed by atoms with E-state index in [0.717, 1.165) is 5.56 Å². The zero-order chi connectivity index (χ0) is 18.3. The fourth-order valence-electron chi connectivity index (χ4n) is 3.15. The molecule has 0 unspecified atom stereocenters. The van der Waals surface area contributed by atoms with Gasteiger partial charge in [0.05, 0.1) is 11.9 Å². The molecule has 134 valence electrons. The van der Waals surface area contributed by atoms with E-state index in [-0.39, 0.29) is 17.8 Å². The van der Waals surface area contributed by atoms with Crippen LogP contribution in [0.3, 0.4) is 0 Å². The molecule has 3 heterocycles. The number of nitrogens with zero attached hydrogens (tertiary/aromatic N) is 4. The molecule has 1 amide bonds. The van der Waals surface area contributed by atoms with Crippen LogP contribution >= 0.6 is 0 Å². The quantitative estimate of drug-likeness (QED) is 0.715. The van der Waals surface area contributed by atoms with E-state index in [1.807, 2.05) is 0 Å². The van der Waals surface area contributed by atoms with Gasteiger partial charge in [0.25, 0.3) is 5.56 Å². The first-order valence-electron chi connectivity index (χ1n) is 8.22. The Bertz CT molecular complexity index is 1070. The van der Waals surface area contributed by atoms with Crippen molar-refractivity contribution in [2.75, 3.05) is 11.9 Å². The van der Waals surface area contributed by atoms with Gasteiger partial charge in [-0.2, -0.15) is 5.10 Å². The van der Waals surface area contributed by atoms with Crippen molar-refractivity contribution in [2.45, 2.75) is 19.5 Å². The van der Waals surface area contributed by atoms with E-state index in [9.17, 15) is 14.0 Å². The Hall–Kier alpha value is -3.07. The van der Waals surface area contributed by atoms with Crippen molar-refractivity contribution in [1.82, 2.24) is 24.6 Å². The Morgan fingerprint density at radius 2 is 2.27 bits per heavy atom. The summed E-state index contributed by atoms with van der Waals surface area (Å²) >= 11 is 0. The van der Waals surface area contributed by atoms with Crippen molar-refractivity contribution in [3.8, 4) is 0 Å². The van der Waals surface area contributed by atoms with Crippen LogP contribution in [0.1, 0.15) is 11.1 Å². The van der Waals surface area contributed by atoms with Gasteiger partial charge in [-0.1, -0.05) is 6.07 Å². The third kappa shape index (κ3) is 2.76. The highest BCUT2D eigenvalue weighted by molar-refractivity contribution is 5.91. The normalized spacial score (nSPS) is 13.6. The molecule has 8 nitrogen and oxygen atoms in total. The largest absolute Gasteiger partial charge is 0.322 e. The van der Waals surface area contributed by atoms with E-state index in [1.165, 1.54) is 21.8 Å². The van der Waals surface area contributed by atoms with E-state index in [4.69, 9.17) is 0 Å². The number of aromatic nitrogens is 4. The maximum absolute atomic E-state index is 14.6. The van der Waals surface area contributed by atoms with Crippen molar-refractivity contribution in [2.24, 2.45) is 7.05 Å². The van der Waals surface area contributed by atoms with Crippen molar-refractivity contribution in [3.05, 3.63) is 52.0 Å². The summed E-state index contributed by atoms with van der Waals surface area (Å²) in [6.07, 6.45) is 3.28. The van der Waals surface area contributed by atoms with Gasteiger partial charge in [-0.05, 0) is 30.2 Å². The minimum atomic E-state index is -0.495. The maximum atomic E-state index is 14.6. The lowest BCUT2D eigenvalue weighted by molar-refractivity contribution is -0.116. The van der Waals surface area contributed by atoms with Crippen LogP contribution < -0.4 is 16.2 Å². The monoisotopic (exact) mass is 356 g/mol. The first kappa shape index (κ1) is 16.4. The number of aryl methyl sites for hydroxylation is 1. The Morgan fingerprint density at radius 1 is 1.42 bits per heavy atom. The van der Waals surface area contributed by atoms with Crippen LogP contribution in [-0.2, 0) is 31.4 Å². The van der Waals surface area contributed by atoms with Gasteiger partial charge in [-0.3, -0.25) is 18.8 Å². The summed E-state index contributed by atoms with van der Waals surface area (Å²) in [5.74, 6) is -0.907. The Kier molecular flexibility index (Phi) is 4.00. The van der Waals surface area contributed by atoms with Gasteiger partial charge in [0.1, 0.15) is 24.1 Å². The second-order valence-corrected chi connectivity index (χ2v) is 6.22. The second-order valence-electron chi connectivity index (χ2n) is 6.22. The molecule has 4 rings (SSSR count). The van der Waals surface area contributed by atoms with Crippen LogP contribution in [0.2, 0.25) is 0 Å². The lowest BCUT2D eigenvalue weighted by Crippen LogP contribution is -2.29. The summed E-state index contributed by atoms with van der Waals surface area (Å²) in [7, 11) is 1.68. The van der Waals surface area contributed by atoms with Crippen LogP contribution in [0.15, 0.2) is 29.5 Å². The average molecular weight is 356 g/mol. The molecule has 1 aliphatic heterocycles. The van der Waals surface area contributed by atoms with Crippen LogP contribution in [0.4, 0.5) is 10.1 Å². The maximum Gasteiger partial charge on any atom is 0.264 e. The third-order valence-corrected chi connectivity index (χ3v) is 4.51. The van der Waals surface area contributed by atoms with Gasteiger partial charge in [0, 0.05) is 13.6 Å². The minimum absolute atomic E-state index is 0.124. The number of rotatable bonds is 3. The molecular formula is C17H17FN6O2. The molecule has 26 heavy (non-hydrogen) atoms. The van der Waals surface area contributed by atoms with Gasteiger partial charge >= 0.3 is 0 Å². The molecule has 0 spiro atoms. The second kappa shape index (κ2) is 6.34. The van der Waals surface area contributed by atoms with E-state index in [2.05, 4.69) is 20.7 Å². The van der Waals surface area contributed by atoms with E-state index >= 15 is 0 Å². The topological polar surface area (TPSA) is 93.8 Å². The van der Waals surface area contributed by atoms with Gasteiger partial charge < -0.3 is 10.6 Å². The van der Waals surface area contributed by atoms with Gasteiger partial charge in [-0.25, -0.2) is 9.37 Å². The number of hydrogen-bond donors (Lipinski definition) is 2. The van der Waals surface area contributed by atoms with Gasteiger partial charge in [0.2, 0.25) is 5.91 Å². The number of anilines is 1. The van der Waals surface area contributed by atoms with Crippen LogP contribution in [0, 0.1) is 5.82 Å². The SMILES string of the molecule is Cn1ncc2c(=O)n(CC(=O)Nc3ccc4c(c3F)CCNC4)cnc21. The fourth-order valence-corrected chi connectivity index (χ4v) is 3.15. The summed E-state index contributed by atoms with van der Waals surface area (Å²) in [5.41, 5.74) is 1.72. The summed E-state index contributed by atoms with van der Waals surface area (Å²) in [4.78, 5) is 28.8. The number of nitrogens with one attached hydrogen (secondary N) is 2.